The van der Waals surface area contributed by atoms with Crippen LogP contribution in [0.15, 0.2) is 12.1 Å². The van der Waals surface area contributed by atoms with E-state index >= 15 is 0 Å². The number of nitro groups is 1. The van der Waals surface area contributed by atoms with Crippen LogP contribution in [0.1, 0.15) is 23.3 Å². The van der Waals surface area contributed by atoms with Gasteiger partial charge in [0.15, 0.2) is 5.69 Å². The largest absolute Gasteiger partial charge is 0.358 e. The lowest BCUT2D eigenvalue weighted by molar-refractivity contribution is -0.389. The molecule has 1 aliphatic heterocycles. The molecule has 1 aromatic rings. The highest BCUT2D eigenvalue weighted by molar-refractivity contribution is 5.93. The zero-order valence-electron chi connectivity index (χ0n) is 9.26. The van der Waals surface area contributed by atoms with Gasteiger partial charge in [0, 0.05) is 25.2 Å². The highest BCUT2D eigenvalue weighted by Crippen LogP contribution is 2.20. The van der Waals surface area contributed by atoms with Crippen molar-refractivity contribution in [3.63, 3.8) is 0 Å². The molecule has 7 heteroatoms. The third-order valence-corrected chi connectivity index (χ3v) is 3.01. The summed E-state index contributed by atoms with van der Waals surface area (Å²) in [6, 6.07) is 2.78. The topological polar surface area (TPSA) is 105 Å². The van der Waals surface area contributed by atoms with E-state index in [-0.39, 0.29) is 23.5 Å². The third kappa shape index (κ3) is 2.14. The lowest BCUT2D eigenvalue weighted by atomic mass is 10.2. The number of amides is 1. The van der Waals surface area contributed by atoms with Gasteiger partial charge in [0.1, 0.15) is 0 Å². The summed E-state index contributed by atoms with van der Waals surface area (Å²) in [6.07, 6.45) is 1.82. The molecule has 0 aromatic carbocycles. The molecule has 17 heavy (non-hydrogen) atoms. The lowest BCUT2D eigenvalue weighted by Crippen LogP contribution is -2.40. The van der Waals surface area contributed by atoms with Crippen LogP contribution >= 0.6 is 0 Å². The summed E-state index contributed by atoms with van der Waals surface area (Å²) in [6.45, 7) is 1.09. The highest BCUT2D eigenvalue weighted by atomic mass is 16.6. The zero-order chi connectivity index (χ0) is 12.4. The van der Waals surface area contributed by atoms with Gasteiger partial charge in [0.25, 0.3) is 5.91 Å². The SMILES string of the molecule is NCC1CCCN1C(=O)c1ccc([N+](=O)[O-])[nH]1. The average molecular weight is 238 g/mol. The molecule has 1 unspecified atom stereocenters. The summed E-state index contributed by atoms with van der Waals surface area (Å²) < 4.78 is 0. The van der Waals surface area contributed by atoms with Gasteiger partial charge in [-0.3, -0.25) is 4.79 Å². The zero-order valence-corrected chi connectivity index (χ0v) is 9.26. The van der Waals surface area contributed by atoms with Gasteiger partial charge in [-0.05, 0) is 23.8 Å². The van der Waals surface area contributed by atoms with Crippen LogP contribution in [0.4, 0.5) is 5.82 Å². The van der Waals surface area contributed by atoms with Gasteiger partial charge in [0.05, 0.1) is 0 Å². The van der Waals surface area contributed by atoms with E-state index in [4.69, 9.17) is 5.73 Å². The first-order chi connectivity index (χ1) is 8.13. The van der Waals surface area contributed by atoms with Gasteiger partial charge in [-0.25, -0.2) is 4.98 Å². The first-order valence-corrected chi connectivity index (χ1v) is 5.48. The smallest absolute Gasteiger partial charge is 0.321 e. The summed E-state index contributed by atoms with van der Waals surface area (Å²) >= 11 is 0. The van der Waals surface area contributed by atoms with E-state index in [1.165, 1.54) is 12.1 Å². The van der Waals surface area contributed by atoms with Gasteiger partial charge in [-0.1, -0.05) is 0 Å². The summed E-state index contributed by atoms with van der Waals surface area (Å²) in [4.78, 5) is 26.2. The Morgan fingerprint density at radius 2 is 2.41 bits per heavy atom. The predicted octanol–water partition coefficient (Wildman–Crippen LogP) is 0.486. The third-order valence-electron chi connectivity index (χ3n) is 3.01. The van der Waals surface area contributed by atoms with Crippen molar-refractivity contribution >= 4 is 11.7 Å². The minimum Gasteiger partial charge on any atom is -0.358 e. The number of hydrogen-bond acceptors (Lipinski definition) is 4. The minimum atomic E-state index is -0.554. The molecule has 2 heterocycles. The minimum absolute atomic E-state index is 0.0462. The van der Waals surface area contributed by atoms with Gasteiger partial charge in [0.2, 0.25) is 0 Å². The van der Waals surface area contributed by atoms with Crippen molar-refractivity contribution in [1.82, 2.24) is 9.88 Å². The van der Waals surface area contributed by atoms with Crippen molar-refractivity contribution in [2.24, 2.45) is 5.73 Å². The van der Waals surface area contributed by atoms with E-state index in [0.717, 1.165) is 12.8 Å². The molecule has 92 valence electrons. The maximum atomic E-state index is 12.1. The standard InChI is InChI=1S/C10H14N4O3/c11-6-7-2-1-5-13(7)10(15)8-3-4-9(12-8)14(16)17/h3-4,7,12H,1-2,5-6,11H2. The number of nitrogens with two attached hydrogens (primary N) is 1. The summed E-state index contributed by atoms with van der Waals surface area (Å²) in [7, 11) is 0. The van der Waals surface area contributed by atoms with Crippen LogP contribution in [0.25, 0.3) is 0 Å². The number of likely N-dealkylation sites (tertiary alicyclic amines) is 1. The van der Waals surface area contributed by atoms with Crippen LogP contribution in [-0.4, -0.2) is 39.8 Å². The average Bonchev–Trinajstić information content (AvgIpc) is 2.96. The van der Waals surface area contributed by atoms with Crippen LogP contribution in [0.2, 0.25) is 0 Å². The molecule has 1 amide bonds. The number of carbonyl (C=O) groups excluding carboxylic acids is 1. The number of hydrogen-bond donors (Lipinski definition) is 2. The van der Waals surface area contributed by atoms with Gasteiger partial charge < -0.3 is 20.7 Å². The van der Waals surface area contributed by atoms with Gasteiger partial charge in [-0.2, -0.15) is 0 Å². The van der Waals surface area contributed by atoms with Crippen molar-refractivity contribution in [1.29, 1.82) is 0 Å². The molecule has 2 rings (SSSR count). The Labute approximate surface area is 97.7 Å². The summed E-state index contributed by atoms with van der Waals surface area (Å²) in [5, 5.41) is 10.5. The van der Waals surface area contributed by atoms with E-state index < -0.39 is 4.92 Å². The van der Waals surface area contributed by atoms with E-state index in [9.17, 15) is 14.9 Å². The lowest BCUT2D eigenvalue weighted by Gasteiger charge is -2.21. The molecule has 7 nitrogen and oxygen atoms in total. The number of rotatable bonds is 3. The Bertz CT molecular complexity index is 443. The number of nitrogens with one attached hydrogen (secondary N) is 1. The Balaban J connectivity index is 2.16. The first-order valence-electron chi connectivity index (χ1n) is 5.48. The number of H-pyrrole nitrogens is 1. The maximum absolute atomic E-state index is 12.1. The molecular weight excluding hydrogens is 224 g/mol. The van der Waals surface area contributed by atoms with Gasteiger partial charge >= 0.3 is 5.82 Å². The molecular formula is C10H14N4O3. The number of aromatic amines is 1. The Kier molecular flexibility index (Phi) is 3.10. The Hall–Kier alpha value is -1.89. The maximum Gasteiger partial charge on any atom is 0.321 e. The molecule has 1 aliphatic rings. The number of carbonyl (C=O) groups is 1. The van der Waals surface area contributed by atoms with E-state index in [2.05, 4.69) is 4.98 Å². The van der Waals surface area contributed by atoms with Crippen molar-refractivity contribution in [2.45, 2.75) is 18.9 Å². The fourth-order valence-corrected chi connectivity index (χ4v) is 2.12. The second-order valence-electron chi connectivity index (χ2n) is 4.04. The van der Waals surface area contributed by atoms with E-state index in [0.29, 0.717) is 13.1 Å². The van der Waals surface area contributed by atoms with E-state index in [1.54, 1.807) is 4.90 Å². The molecule has 1 saturated heterocycles. The normalized spacial score (nSPS) is 19.6. The second-order valence-corrected chi connectivity index (χ2v) is 4.04. The highest BCUT2D eigenvalue weighted by Gasteiger charge is 2.30. The fraction of sp³-hybridized carbons (Fsp3) is 0.500. The summed E-state index contributed by atoms with van der Waals surface area (Å²) in [5.74, 6) is -0.386. The summed E-state index contributed by atoms with van der Waals surface area (Å²) in [5.41, 5.74) is 5.83. The molecule has 0 spiro atoms. The molecule has 0 saturated carbocycles. The Morgan fingerprint density at radius 1 is 1.65 bits per heavy atom. The molecule has 1 aromatic heterocycles. The van der Waals surface area contributed by atoms with Crippen LogP contribution in [0.5, 0.6) is 0 Å². The number of aromatic nitrogens is 1. The van der Waals surface area contributed by atoms with Crippen LogP contribution in [0.3, 0.4) is 0 Å². The van der Waals surface area contributed by atoms with Crippen molar-refractivity contribution < 1.29 is 9.72 Å². The number of nitrogens with zero attached hydrogens (tertiary/aromatic N) is 2. The Morgan fingerprint density at radius 3 is 3.00 bits per heavy atom. The monoisotopic (exact) mass is 238 g/mol. The molecule has 0 radical (unpaired) electrons. The second kappa shape index (κ2) is 4.54. The molecule has 1 fully saturated rings. The van der Waals surface area contributed by atoms with Crippen molar-refractivity contribution in [2.75, 3.05) is 13.1 Å². The molecule has 0 bridgehead atoms. The predicted molar refractivity (Wildman–Crippen MR) is 60.6 cm³/mol. The first kappa shape index (κ1) is 11.6. The fourth-order valence-electron chi connectivity index (χ4n) is 2.12. The van der Waals surface area contributed by atoms with Crippen LogP contribution in [-0.2, 0) is 0 Å². The quantitative estimate of drug-likeness (QED) is 0.590. The molecule has 0 aliphatic carbocycles. The van der Waals surface area contributed by atoms with Crippen molar-refractivity contribution in [3.05, 3.63) is 27.9 Å². The van der Waals surface area contributed by atoms with Gasteiger partial charge in [-0.15, -0.1) is 0 Å². The van der Waals surface area contributed by atoms with Crippen LogP contribution < -0.4 is 5.73 Å². The van der Waals surface area contributed by atoms with E-state index in [1.807, 2.05) is 0 Å². The van der Waals surface area contributed by atoms with Crippen molar-refractivity contribution in [3.8, 4) is 0 Å². The molecule has 3 N–H and O–H groups in total. The molecule has 1 atom stereocenters. The van der Waals surface area contributed by atoms with Crippen LogP contribution in [0, 0.1) is 10.1 Å².